The van der Waals surface area contributed by atoms with E-state index in [4.69, 9.17) is 10.5 Å². The topological polar surface area (TPSA) is 73.4 Å². The van der Waals surface area contributed by atoms with Crippen LogP contribution in [0.2, 0.25) is 0 Å². The molecule has 2 atom stereocenters. The number of likely N-dealkylation sites (tertiary alicyclic amines) is 1. The second-order valence-electron chi connectivity index (χ2n) is 7.78. The van der Waals surface area contributed by atoms with Gasteiger partial charge in [0.1, 0.15) is 11.4 Å². The standard InChI is InChI=1S/C17H28N4O2/c1-17(2,3)23-16(22)20-8-4-5-12(10-20)15-19-9-14-7-6-13(18)11-21(14)15/h9,12-13H,4-8,10-11,18H2,1-3H3. The van der Waals surface area contributed by atoms with Gasteiger partial charge in [-0.25, -0.2) is 9.78 Å². The van der Waals surface area contributed by atoms with Gasteiger partial charge in [-0.3, -0.25) is 0 Å². The molecule has 2 aliphatic rings. The zero-order valence-corrected chi connectivity index (χ0v) is 14.4. The van der Waals surface area contributed by atoms with Crippen LogP contribution in [0, 0.1) is 0 Å². The maximum atomic E-state index is 12.3. The van der Waals surface area contributed by atoms with Gasteiger partial charge < -0.3 is 19.9 Å². The van der Waals surface area contributed by atoms with Gasteiger partial charge in [-0.2, -0.15) is 0 Å². The molecular weight excluding hydrogens is 292 g/mol. The van der Waals surface area contributed by atoms with Crippen molar-refractivity contribution in [3.05, 3.63) is 17.7 Å². The van der Waals surface area contributed by atoms with Gasteiger partial charge in [-0.05, 0) is 46.5 Å². The largest absolute Gasteiger partial charge is 0.444 e. The number of hydrogen-bond donors (Lipinski definition) is 1. The molecule has 6 nitrogen and oxygen atoms in total. The first-order chi connectivity index (χ1) is 10.8. The Morgan fingerprint density at radius 3 is 2.87 bits per heavy atom. The molecule has 0 radical (unpaired) electrons. The number of imidazole rings is 1. The van der Waals surface area contributed by atoms with Crippen LogP contribution in [0.5, 0.6) is 0 Å². The van der Waals surface area contributed by atoms with E-state index in [9.17, 15) is 4.79 Å². The lowest BCUT2D eigenvalue weighted by Gasteiger charge is -2.34. The molecule has 2 aliphatic heterocycles. The summed E-state index contributed by atoms with van der Waals surface area (Å²) in [7, 11) is 0. The Kier molecular flexibility index (Phi) is 4.36. The third-order valence-corrected chi connectivity index (χ3v) is 4.60. The number of carbonyl (C=O) groups is 1. The van der Waals surface area contributed by atoms with Crippen LogP contribution >= 0.6 is 0 Å². The van der Waals surface area contributed by atoms with Crippen LogP contribution in [0.15, 0.2) is 6.20 Å². The summed E-state index contributed by atoms with van der Waals surface area (Å²) < 4.78 is 7.79. The van der Waals surface area contributed by atoms with Gasteiger partial charge in [0, 0.05) is 43.5 Å². The highest BCUT2D eigenvalue weighted by atomic mass is 16.6. The average Bonchev–Trinajstić information content (AvgIpc) is 2.88. The van der Waals surface area contributed by atoms with E-state index in [0.717, 1.165) is 44.6 Å². The van der Waals surface area contributed by atoms with Gasteiger partial charge in [0.05, 0.1) is 0 Å². The average molecular weight is 320 g/mol. The Balaban J connectivity index is 1.72. The molecule has 1 amide bonds. The van der Waals surface area contributed by atoms with Crippen molar-refractivity contribution in [3.63, 3.8) is 0 Å². The molecule has 1 aromatic rings. The molecule has 128 valence electrons. The monoisotopic (exact) mass is 320 g/mol. The molecule has 23 heavy (non-hydrogen) atoms. The molecule has 0 bridgehead atoms. The van der Waals surface area contributed by atoms with Crippen molar-refractivity contribution in [1.82, 2.24) is 14.5 Å². The molecule has 1 saturated heterocycles. The molecule has 3 heterocycles. The number of carbonyl (C=O) groups excluding carboxylic acids is 1. The van der Waals surface area contributed by atoms with Crippen LogP contribution in [0.4, 0.5) is 4.79 Å². The fourth-order valence-corrected chi connectivity index (χ4v) is 3.50. The fraction of sp³-hybridized carbons (Fsp3) is 0.765. The zero-order chi connectivity index (χ0) is 16.6. The van der Waals surface area contributed by atoms with E-state index in [1.807, 2.05) is 31.9 Å². The van der Waals surface area contributed by atoms with Gasteiger partial charge in [0.25, 0.3) is 0 Å². The Morgan fingerprint density at radius 2 is 2.13 bits per heavy atom. The molecule has 0 spiro atoms. The molecule has 1 aromatic heterocycles. The summed E-state index contributed by atoms with van der Waals surface area (Å²) in [4.78, 5) is 18.8. The van der Waals surface area contributed by atoms with Crippen LogP contribution in [-0.2, 0) is 17.7 Å². The third kappa shape index (κ3) is 3.68. The van der Waals surface area contributed by atoms with Crippen molar-refractivity contribution in [2.24, 2.45) is 5.73 Å². The fourth-order valence-electron chi connectivity index (χ4n) is 3.50. The SMILES string of the molecule is CC(C)(C)OC(=O)N1CCCC(c2ncc3n2CC(N)CC3)C1. The van der Waals surface area contributed by atoms with E-state index >= 15 is 0 Å². The molecule has 0 aliphatic carbocycles. The van der Waals surface area contributed by atoms with E-state index in [1.54, 1.807) is 0 Å². The minimum atomic E-state index is -0.455. The number of fused-ring (bicyclic) bond motifs is 1. The Hall–Kier alpha value is -1.56. The van der Waals surface area contributed by atoms with Gasteiger partial charge in [0.2, 0.25) is 0 Å². The second-order valence-corrected chi connectivity index (χ2v) is 7.78. The van der Waals surface area contributed by atoms with Crippen LogP contribution in [-0.4, -0.2) is 45.3 Å². The highest BCUT2D eigenvalue weighted by molar-refractivity contribution is 5.68. The zero-order valence-electron chi connectivity index (χ0n) is 14.4. The van der Waals surface area contributed by atoms with Crippen LogP contribution < -0.4 is 5.73 Å². The summed E-state index contributed by atoms with van der Waals surface area (Å²) in [5.74, 6) is 1.36. The lowest BCUT2D eigenvalue weighted by Crippen LogP contribution is -2.43. The Bertz CT molecular complexity index is 576. The van der Waals surface area contributed by atoms with E-state index < -0.39 is 5.60 Å². The number of piperidine rings is 1. The van der Waals surface area contributed by atoms with Crippen LogP contribution in [0.25, 0.3) is 0 Å². The van der Waals surface area contributed by atoms with Crippen molar-refractivity contribution in [3.8, 4) is 0 Å². The van der Waals surface area contributed by atoms with Crippen molar-refractivity contribution < 1.29 is 9.53 Å². The van der Waals surface area contributed by atoms with Crippen LogP contribution in [0.1, 0.15) is 57.5 Å². The summed E-state index contributed by atoms with van der Waals surface area (Å²) in [6.07, 6.45) is 5.83. The normalized spacial score (nSPS) is 25.1. The van der Waals surface area contributed by atoms with E-state index in [2.05, 4.69) is 9.55 Å². The Morgan fingerprint density at radius 1 is 1.35 bits per heavy atom. The number of hydrogen-bond acceptors (Lipinski definition) is 4. The molecular formula is C17H28N4O2. The maximum absolute atomic E-state index is 12.3. The molecule has 6 heteroatoms. The van der Waals surface area contributed by atoms with Gasteiger partial charge in [-0.1, -0.05) is 0 Å². The molecule has 1 fully saturated rings. The van der Waals surface area contributed by atoms with Crippen molar-refractivity contribution in [2.45, 2.75) is 70.6 Å². The van der Waals surface area contributed by atoms with E-state index in [-0.39, 0.29) is 18.1 Å². The number of aromatic nitrogens is 2. The van der Waals surface area contributed by atoms with Gasteiger partial charge in [-0.15, -0.1) is 0 Å². The molecule has 2 unspecified atom stereocenters. The second kappa shape index (κ2) is 6.15. The van der Waals surface area contributed by atoms with Crippen molar-refractivity contribution >= 4 is 6.09 Å². The smallest absolute Gasteiger partial charge is 0.410 e. The van der Waals surface area contributed by atoms with Crippen LogP contribution in [0.3, 0.4) is 0 Å². The lowest BCUT2D eigenvalue weighted by atomic mass is 9.96. The summed E-state index contributed by atoms with van der Waals surface area (Å²) in [5.41, 5.74) is 6.94. The Labute approximate surface area is 138 Å². The first-order valence-corrected chi connectivity index (χ1v) is 8.61. The number of rotatable bonds is 1. The predicted octanol–water partition coefficient (Wildman–Crippen LogP) is 2.27. The molecule has 3 rings (SSSR count). The summed E-state index contributed by atoms with van der Waals surface area (Å²) in [6, 6.07) is 0.209. The number of nitrogens with zero attached hydrogens (tertiary/aromatic N) is 3. The van der Waals surface area contributed by atoms with Crippen molar-refractivity contribution in [1.29, 1.82) is 0 Å². The minimum Gasteiger partial charge on any atom is -0.444 e. The number of amides is 1. The minimum absolute atomic E-state index is 0.209. The highest BCUT2D eigenvalue weighted by Gasteiger charge is 2.31. The van der Waals surface area contributed by atoms with Gasteiger partial charge in [0.15, 0.2) is 0 Å². The van der Waals surface area contributed by atoms with E-state index in [0.29, 0.717) is 6.54 Å². The summed E-state index contributed by atoms with van der Waals surface area (Å²) in [6.45, 7) is 7.99. The molecule has 2 N–H and O–H groups in total. The maximum Gasteiger partial charge on any atom is 0.410 e. The number of nitrogens with two attached hydrogens (primary N) is 1. The number of ether oxygens (including phenoxy) is 1. The molecule has 0 saturated carbocycles. The lowest BCUT2D eigenvalue weighted by molar-refractivity contribution is 0.0194. The van der Waals surface area contributed by atoms with Crippen molar-refractivity contribution in [2.75, 3.05) is 13.1 Å². The first kappa shape index (κ1) is 16.3. The third-order valence-electron chi connectivity index (χ3n) is 4.60. The van der Waals surface area contributed by atoms with Gasteiger partial charge >= 0.3 is 6.09 Å². The first-order valence-electron chi connectivity index (χ1n) is 8.61. The quantitative estimate of drug-likeness (QED) is 0.861. The van der Waals surface area contributed by atoms with E-state index in [1.165, 1.54) is 5.69 Å². The number of aryl methyl sites for hydroxylation is 1. The predicted molar refractivity (Wildman–Crippen MR) is 88.3 cm³/mol. The summed E-state index contributed by atoms with van der Waals surface area (Å²) in [5, 5.41) is 0. The highest BCUT2D eigenvalue weighted by Crippen LogP contribution is 2.29. The summed E-state index contributed by atoms with van der Waals surface area (Å²) >= 11 is 0. The molecule has 0 aromatic carbocycles.